The number of nitriles is 1. The minimum atomic E-state index is 0.305. The average molecular weight is 268 g/mol. The van der Waals surface area contributed by atoms with Crippen LogP contribution in [0, 0.1) is 11.3 Å². The van der Waals surface area contributed by atoms with Gasteiger partial charge in [0.25, 0.3) is 0 Å². The first-order valence-electron chi connectivity index (χ1n) is 6.76. The molecule has 1 aliphatic carbocycles. The van der Waals surface area contributed by atoms with E-state index >= 15 is 0 Å². The molecule has 1 aliphatic rings. The lowest BCUT2D eigenvalue weighted by molar-refractivity contribution is 0.108. The maximum atomic E-state index is 9.23. The number of anilines is 1. The van der Waals surface area contributed by atoms with Crippen molar-refractivity contribution < 1.29 is 4.74 Å². The van der Waals surface area contributed by atoms with Gasteiger partial charge >= 0.3 is 0 Å². The minimum Gasteiger partial charge on any atom is -0.381 e. The zero-order valence-electron chi connectivity index (χ0n) is 11.3. The Morgan fingerprint density at radius 1 is 1.30 bits per heavy atom. The molecular formula is C15H16N4O. The van der Waals surface area contributed by atoms with Gasteiger partial charge in [-0.3, -0.25) is 0 Å². The predicted molar refractivity (Wildman–Crippen MR) is 76.3 cm³/mol. The molecule has 20 heavy (non-hydrogen) atoms. The van der Waals surface area contributed by atoms with Gasteiger partial charge in [-0.25, -0.2) is 0 Å². The summed E-state index contributed by atoms with van der Waals surface area (Å²) in [5.41, 5.74) is 1.94. The number of nitrogens with zero attached hydrogens (tertiary/aromatic N) is 3. The zero-order chi connectivity index (χ0) is 13.9. The van der Waals surface area contributed by atoms with Crippen LogP contribution in [0.1, 0.15) is 25.0 Å². The Morgan fingerprint density at radius 2 is 2.15 bits per heavy atom. The topological polar surface area (TPSA) is 70.8 Å². The maximum Gasteiger partial charge on any atom is 0.186 e. The van der Waals surface area contributed by atoms with Crippen molar-refractivity contribution in [2.24, 2.45) is 0 Å². The van der Waals surface area contributed by atoms with Crippen molar-refractivity contribution in [1.29, 1.82) is 5.26 Å². The smallest absolute Gasteiger partial charge is 0.186 e. The van der Waals surface area contributed by atoms with Crippen LogP contribution in [0.25, 0.3) is 10.9 Å². The highest BCUT2D eigenvalue weighted by Crippen LogP contribution is 2.29. The molecule has 0 aliphatic heterocycles. The Kier molecular flexibility index (Phi) is 3.48. The normalized spacial score (nSPS) is 21.8. The highest BCUT2D eigenvalue weighted by atomic mass is 16.5. The van der Waals surface area contributed by atoms with Crippen molar-refractivity contribution in [1.82, 2.24) is 10.2 Å². The quantitative estimate of drug-likeness (QED) is 0.926. The van der Waals surface area contributed by atoms with Gasteiger partial charge in [0.1, 0.15) is 6.07 Å². The van der Waals surface area contributed by atoms with Gasteiger partial charge in [-0.1, -0.05) is 18.2 Å². The Bertz CT molecular complexity index is 664. The van der Waals surface area contributed by atoms with Crippen LogP contribution in [0.2, 0.25) is 0 Å². The Balaban J connectivity index is 1.95. The maximum absolute atomic E-state index is 9.23. The lowest BCUT2D eigenvalue weighted by Gasteiger charge is -2.16. The van der Waals surface area contributed by atoms with Crippen LogP contribution in [0.4, 0.5) is 5.69 Å². The van der Waals surface area contributed by atoms with Crippen LogP contribution < -0.4 is 5.32 Å². The average Bonchev–Trinajstić information content (AvgIpc) is 2.95. The second kappa shape index (κ2) is 5.43. The number of hydrogen-bond donors (Lipinski definition) is 1. The van der Waals surface area contributed by atoms with Gasteiger partial charge in [-0.2, -0.15) is 5.26 Å². The van der Waals surface area contributed by atoms with Crippen molar-refractivity contribution in [3.63, 3.8) is 0 Å². The SMILES string of the molecule is COC1CCC(Nc2c(C#N)nnc3ccccc23)C1. The third-order valence-electron chi connectivity index (χ3n) is 3.84. The van der Waals surface area contributed by atoms with E-state index in [0.29, 0.717) is 17.8 Å². The van der Waals surface area contributed by atoms with Gasteiger partial charge in [-0.15, -0.1) is 10.2 Å². The number of methoxy groups -OCH3 is 1. The van der Waals surface area contributed by atoms with Crippen LogP contribution in [0.5, 0.6) is 0 Å². The first kappa shape index (κ1) is 12.8. The van der Waals surface area contributed by atoms with E-state index in [-0.39, 0.29) is 0 Å². The summed E-state index contributed by atoms with van der Waals surface area (Å²) in [6, 6.07) is 10.2. The Morgan fingerprint density at radius 3 is 2.90 bits per heavy atom. The fourth-order valence-corrected chi connectivity index (χ4v) is 2.77. The molecule has 2 aromatic rings. The molecular weight excluding hydrogens is 252 g/mol. The molecule has 5 nitrogen and oxygen atoms in total. The third-order valence-corrected chi connectivity index (χ3v) is 3.84. The molecule has 1 saturated carbocycles. The highest BCUT2D eigenvalue weighted by molar-refractivity contribution is 5.92. The number of hydrogen-bond acceptors (Lipinski definition) is 5. The second-order valence-corrected chi connectivity index (χ2v) is 5.06. The predicted octanol–water partition coefficient (Wildman–Crippen LogP) is 2.48. The van der Waals surface area contributed by atoms with Gasteiger partial charge in [0.15, 0.2) is 5.69 Å². The van der Waals surface area contributed by atoms with Gasteiger partial charge in [-0.05, 0) is 25.3 Å². The van der Waals surface area contributed by atoms with Gasteiger partial charge in [0.05, 0.1) is 17.3 Å². The van der Waals surface area contributed by atoms with Crippen LogP contribution in [0.3, 0.4) is 0 Å². The molecule has 102 valence electrons. The first-order chi connectivity index (χ1) is 9.81. The van der Waals surface area contributed by atoms with Crippen LogP contribution in [0.15, 0.2) is 24.3 Å². The summed E-state index contributed by atoms with van der Waals surface area (Å²) in [5.74, 6) is 0. The van der Waals surface area contributed by atoms with Crippen molar-refractivity contribution in [2.45, 2.75) is 31.4 Å². The summed E-state index contributed by atoms with van der Waals surface area (Å²) in [5, 5.41) is 21.7. The Labute approximate surface area is 117 Å². The largest absolute Gasteiger partial charge is 0.381 e. The monoisotopic (exact) mass is 268 g/mol. The van der Waals surface area contributed by atoms with Gasteiger partial charge < -0.3 is 10.1 Å². The standard InChI is InChI=1S/C15H16N4O/c1-20-11-7-6-10(8-11)17-15-12-4-2-3-5-13(12)18-19-14(15)9-16/h2-5,10-11H,6-8H2,1H3,(H,17,18). The van der Waals surface area contributed by atoms with Crippen LogP contribution in [-0.4, -0.2) is 29.5 Å². The van der Waals surface area contributed by atoms with E-state index < -0.39 is 0 Å². The second-order valence-electron chi connectivity index (χ2n) is 5.06. The van der Waals surface area contributed by atoms with E-state index in [2.05, 4.69) is 21.6 Å². The zero-order valence-corrected chi connectivity index (χ0v) is 11.3. The molecule has 0 saturated heterocycles. The molecule has 0 radical (unpaired) electrons. The molecule has 2 unspecified atom stereocenters. The fourth-order valence-electron chi connectivity index (χ4n) is 2.77. The lowest BCUT2D eigenvalue weighted by Crippen LogP contribution is -2.18. The first-order valence-corrected chi connectivity index (χ1v) is 6.76. The summed E-state index contributed by atoms with van der Waals surface area (Å²) in [4.78, 5) is 0. The molecule has 2 atom stereocenters. The molecule has 0 bridgehead atoms. The number of nitrogens with one attached hydrogen (secondary N) is 1. The molecule has 5 heteroatoms. The lowest BCUT2D eigenvalue weighted by atomic mass is 10.1. The molecule has 1 aromatic carbocycles. The van der Waals surface area contributed by atoms with Gasteiger partial charge in [0, 0.05) is 18.5 Å². The molecule has 1 fully saturated rings. The van der Waals surface area contributed by atoms with Crippen molar-refractivity contribution in [2.75, 3.05) is 12.4 Å². The number of fused-ring (bicyclic) bond motifs is 1. The summed E-state index contributed by atoms with van der Waals surface area (Å²) < 4.78 is 5.39. The van der Waals surface area contributed by atoms with Crippen LogP contribution >= 0.6 is 0 Å². The summed E-state index contributed by atoms with van der Waals surface area (Å²) in [7, 11) is 1.75. The molecule has 1 aromatic heterocycles. The van der Waals surface area contributed by atoms with E-state index in [4.69, 9.17) is 4.74 Å². The van der Waals surface area contributed by atoms with E-state index in [1.807, 2.05) is 24.3 Å². The molecule has 1 heterocycles. The highest BCUT2D eigenvalue weighted by Gasteiger charge is 2.25. The number of rotatable bonds is 3. The Hall–Kier alpha value is -2.19. The van der Waals surface area contributed by atoms with E-state index in [0.717, 1.165) is 35.9 Å². The van der Waals surface area contributed by atoms with E-state index in [1.54, 1.807) is 7.11 Å². The van der Waals surface area contributed by atoms with Crippen LogP contribution in [-0.2, 0) is 4.74 Å². The van der Waals surface area contributed by atoms with Crippen molar-refractivity contribution in [3.05, 3.63) is 30.0 Å². The number of benzene rings is 1. The van der Waals surface area contributed by atoms with Crippen molar-refractivity contribution in [3.8, 4) is 6.07 Å². The third kappa shape index (κ3) is 2.30. The molecule has 3 rings (SSSR count). The molecule has 0 amide bonds. The van der Waals surface area contributed by atoms with E-state index in [1.165, 1.54) is 0 Å². The van der Waals surface area contributed by atoms with Gasteiger partial charge in [0.2, 0.25) is 0 Å². The fraction of sp³-hybridized carbons (Fsp3) is 0.400. The van der Waals surface area contributed by atoms with E-state index in [9.17, 15) is 5.26 Å². The van der Waals surface area contributed by atoms with Crippen molar-refractivity contribution >= 4 is 16.6 Å². The minimum absolute atomic E-state index is 0.305. The molecule has 1 N–H and O–H groups in total. The summed E-state index contributed by atoms with van der Waals surface area (Å²) in [6.07, 6.45) is 3.35. The number of ether oxygens (including phenoxy) is 1. The summed E-state index contributed by atoms with van der Waals surface area (Å²) in [6.45, 7) is 0. The molecule has 0 spiro atoms. The summed E-state index contributed by atoms with van der Waals surface area (Å²) >= 11 is 0. The number of aromatic nitrogens is 2.